The van der Waals surface area contributed by atoms with Crippen molar-refractivity contribution in [2.75, 3.05) is 42.9 Å². The van der Waals surface area contributed by atoms with E-state index in [-0.39, 0.29) is 9.92 Å². The number of aromatic nitrogens is 2. The number of ether oxygens (including phenoxy) is 1. The smallest absolute Gasteiger partial charge is 0.261 e. The molecule has 0 saturated carbocycles. The Balaban J connectivity index is 1.18. The molecule has 40 heavy (non-hydrogen) atoms. The number of rotatable bonds is 10. The standard InChI is InChI=1S/C29H29ClFN5O3S/c30-26-18-25(11-12-27(26)31)40(37,38)35-24-9-7-23(8-10-24)34-29-19-28(32-20-33-29)22-5-3-21(4-6-22)2-1-13-36-14-16-39-17-15-36/h3-12,18-20,35H,1-2,13-17H2,(H,32,33,34). The Kier molecular flexibility index (Phi) is 8.91. The number of anilines is 3. The highest BCUT2D eigenvalue weighted by molar-refractivity contribution is 7.92. The second kappa shape index (κ2) is 12.7. The van der Waals surface area contributed by atoms with Gasteiger partial charge in [-0.1, -0.05) is 35.9 Å². The largest absolute Gasteiger partial charge is 0.379 e. The average molecular weight is 582 g/mol. The zero-order chi connectivity index (χ0) is 28.0. The zero-order valence-electron chi connectivity index (χ0n) is 21.7. The molecule has 0 amide bonds. The highest BCUT2D eigenvalue weighted by Crippen LogP contribution is 2.25. The van der Waals surface area contributed by atoms with Gasteiger partial charge in [-0.15, -0.1) is 0 Å². The number of nitrogens with one attached hydrogen (secondary N) is 2. The van der Waals surface area contributed by atoms with Crippen LogP contribution in [0.15, 0.2) is 84.0 Å². The molecule has 1 aliphatic rings. The zero-order valence-corrected chi connectivity index (χ0v) is 23.3. The molecule has 1 aliphatic heterocycles. The van der Waals surface area contributed by atoms with Crippen LogP contribution in [0.4, 0.5) is 21.6 Å². The minimum absolute atomic E-state index is 0.129. The fourth-order valence-corrected chi connectivity index (χ4v) is 5.71. The molecule has 1 saturated heterocycles. The van der Waals surface area contributed by atoms with Crippen molar-refractivity contribution in [3.63, 3.8) is 0 Å². The molecule has 3 aromatic carbocycles. The van der Waals surface area contributed by atoms with E-state index in [2.05, 4.69) is 49.2 Å². The number of benzene rings is 3. The Morgan fingerprint density at radius 1 is 0.925 bits per heavy atom. The molecule has 4 aromatic rings. The van der Waals surface area contributed by atoms with Gasteiger partial charge in [0, 0.05) is 36.1 Å². The molecule has 2 N–H and O–H groups in total. The fraction of sp³-hybridized carbons (Fsp3) is 0.241. The molecule has 0 radical (unpaired) electrons. The highest BCUT2D eigenvalue weighted by atomic mass is 35.5. The van der Waals surface area contributed by atoms with Crippen LogP contribution in [0.1, 0.15) is 12.0 Å². The van der Waals surface area contributed by atoms with Gasteiger partial charge in [-0.25, -0.2) is 22.8 Å². The maximum absolute atomic E-state index is 13.4. The minimum Gasteiger partial charge on any atom is -0.379 e. The molecule has 5 rings (SSSR count). The molecule has 0 atom stereocenters. The van der Waals surface area contributed by atoms with Gasteiger partial charge >= 0.3 is 0 Å². The quantitative estimate of drug-likeness (QED) is 0.246. The second-order valence-corrected chi connectivity index (χ2v) is 11.5. The number of hydrogen-bond donors (Lipinski definition) is 2. The number of aryl methyl sites for hydroxylation is 1. The van der Waals surface area contributed by atoms with Crippen molar-refractivity contribution in [1.29, 1.82) is 0 Å². The van der Waals surface area contributed by atoms with Crippen molar-refractivity contribution >= 4 is 38.8 Å². The molecule has 0 unspecified atom stereocenters. The first-order valence-corrected chi connectivity index (χ1v) is 14.8. The van der Waals surface area contributed by atoms with E-state index in [1.807, 2.05) is 6.07 Å². The van der Waals surface area contributed by atoms with Crippen LogP contribution in [0, 0.1) is 5.82 Å². The highest BCUT2D eigenvalue weighted by Gasteiger charge is 2.16. The molecule has 0 aliphatic carbocycles. The van der Waals surface area contributed by atoms with Gasteiger partial charge in [0.15, 0.2) is 0 Å². The van der Waals surface area contributed by atoms with Gasteiger partial charge in [-0.05, 0) is 67.4 Å². The van der Waals surface area contributed by atoms with Crippen LogP contribution in [-0.4, -0.2) is 56.1 Å². The van der Waals surface area contributed by atoms with Crippen LogP contribution in [-0.2, 0) is 21.2 Å². The lowest BCUT2D eigenvalue weighted by molar-refractivity contribution is 0.0375. The van der Waals surface area contributed by atoms with E-state index in [0.717, 1.165) is 75.1 Å². The summed E-state index contributed by atoms with van der Waals surface area (Å²) in [5.74, 6) is -0.0788. The third kappa shape index (κ3) is 7.33. The summed E-state index contributed by atoms with van der Waals surface area (Å²) in [5.41, 5.74) is 4.14. The lowest BCUT2D eigenvalue weighted by Gasteiger charge is -2.26. The predicted octanol–water partition coefficient (Wildman–Crippen LogP) is 5.75. The molecule has 8 nitrogen and oxygen atoms in total. The summed E-state index contributed by atoms with van der Waals surface area (Å²) in [6, 6.07) is 20.2. The first kappa shape index (κ1) is 28.0. The van der Waals surface area contributed by atoms with Gasteiger partial charge in [0.2, 0.25) is 0 Å². The summed E-state index contributed by atoms with van der Waals surface area (Å²) in [6.45, 7) is 4.76. The van der Waals surface area contributed by atoms with E-state index in [0.29, 0.717) is 17.2 Å². The predicted molar refractivity (Wildman–Crippen MR) is 155 cm³/mol. The number of morpholine rings is 1. The molecule has 0 bridgehead atoms. The Bertz CT molecular complexity index is 1550. The summed E-state index contributed by atoms with van der Waals surface area (Å²) in [6.07, 6.45) is 3.64. The second-order valence-electron chi connectivity index (χ2n) is 9.43. The summed E-state index contributed by atoms with van der Waals surface area (Å²) >= 11 is 5.73. The van der Waals surface area contributed by atoms with Crippen molar-refractivity contribution in [2.24, 2.45) is 0 Å². The van der Waals surface area contributed by atoms with Crippen LogP contribution < -0.4 is 10.0 Å². The van der Waals surface area contributed by atoms with E-state index >= 15 is 0 Å². The van der Waals surface area contributed by atoms with E-state index in [9.17, 15) is 12.8 Å². The van der Waals surface area contributed by atoms with Crippen molar-refractivity contribution in [2.45, 2.75) is 17.7 Å². The van der Waals surface area contributed by atoms with Crippen LogP contribution in [0.3, 0.4) is 0 Å². The van der Waals surface area contributed by atoms with Crippen LogP contribution in [0.5, 0.6) is 0 Å². The normalized spacial score (nSPS) is 14.2. The number of hydrogen-bond acceptors (Lipinski definition) is 7. The van der Waals surface area contributed by atoms with Gasteiger partial charge in [-0.2, -0.15) is 0 Å². The number of nitrogens with zero attached hydrogens (tertiary/aromatic N) is 3. The Morgan fingerprint density at radius 3 is 2.38 bits per heavy atom. The Morgan fingerprint density at radius 2 is 1.65 bits per heavy atom. The van der Waals surface area contributed by atoms with Gasteiger partial charge in [0.05, 0.1) is 28.8 Å². The molecule has 208 valence electrons. The van der Waals surface area contributed by atoms with Crippen LogP contribution in [0.2, 0.25) is 5.02 Å². The van der Waals surface area contributed by atoms with E-state index < -0.39 is 15.8 Å². The Labute approximate surface area is 238 Å². The number of halogens is 2. The van der Waals surface area contributed by atoms with Gasteiger partial charge < -0.3 is 10.1 Å². The summed E-state index contributed by atoms with van der Waals surface area (Å²) in [7, 11) is -3.92. The summed E-state index contributed by atoms with van der Waals surface area (Å²) in [5, 5.41) is 2.96. The minimum atomic E-state index is -3.92. The monoisotopic (exact) mass is 581 g/mol. The summed E-state index contributed by atoms with van der Waals surface area (Å²) in [4.78, 5) is 11.0. The number of sulfonamides is 1. The molecule has 1 aromatic heterocycles. The Hall–Kier alpha value is -3.57. The fourth-order valence-electron chi connectivity index (χ4n) is 4.38. The van der Waals surface area contributed by atoms with Crippen molar-refractivity contribution in [1.82, 2.24) is 14.9 Å². The van der Waals surface area contributed by atoms with Crippen molar-refractivity contribution in [3.05, 3.63) is 95.5 Å². The molecular weight excluding hydrogens is 553 g/mol. The van der Waals surface area contributed by atoms with Gasteiger partial charge in [0.1, 0.15) is 18.0 Å². The maximum Gasteiger partial charge on any atom is 0.261 e. The third-order valence-corrected chi connectivity index (χ3v) is 8.24. The van der Waals surface area contributed by atoms with Crippen LogP contribution >= 0.6 is 11.6 Å². The first-order valence-electron chi connectivity index (χ1n) is 12.9. The first-order chi connectivity index (χ1) is 19.4. The van der Waals surface area contributed by atoms with Crippen LogP contribution in [0.25, 0.3) is 11.3 Å². The van der Waals surface area contributed by atoms with Gasteiger partial charge in [0.25, 0.3) is 10.0 Å². The van der Waals surface area contributed by atoms with Gasteiger partial charge in [-0.3, -0.25) is 9.62 Å². The molecule has 0 spiro atoms. The molecule has 11 heteroatoms. The average Bonchev–Trinajstić information content (AvgIpc) is 2.96. The summed E-state index contributed by atoms with van der Waals surface area (Å²) < 4.78 is 46.5. The molecule has 2 heterocycles. The SMILES string of the molecule is O=S(=O)(Nc1ccc(Nc2cc(-c3ccc(CCCN4CCOCC4)cc3)ncn2)cc1)c1ccc(F)c(Cl)c1. The van der Waals surface area contributed by atoms with E-state index in [1.165, 1.54) is 11.9 Å². The third-order valence-electron chi connectivity index (χ3n) is 6.57. The van der Waals surface area contributed by atoms with E-state index in [1.54, 1.807) is 24.3 Å². The topological polar surface area (TPSA) is 96.5 Å². The van der Waals surface area contributed by atoms with Crippen molar-refractivity contribution in [3.8, 4) is 11.3 Å². The molecule has 1 fully saturated rings. The molecular formula is C29H29ClFN5O3S. The maximum atomic E-state index is 13.4. The lowest BCUT2D eigenvalue weighted by Crippen LogP contribution is -2.36. The van der Waals surface area contributed by atoms with Crippen molar-refractivity contribution < 1.29 is 17.5 Å². The van der Waals surface area contributed by atoms with E-state index in [4.69, 9.17) is 16.3 Å². The lowest BCUT2D eigenvalue weighted by atomic mass is 10.1.